The van der Waals surface area contributed by atoms with E-state index < -0.39 is 0 Å². The van der Waals surface area contributed by atoms with E-state index in [2.05, 4.69) is 28.0 Å². The smallest absolute Gasteiger partial charge is 0.165 e. The molecule has 0 bridgehead atoms. The zero-order valence-corrected chi connectivity index (χ0v) is 9.18. The molecule has 0 aliphatic carbocycles. The van der Waals surface area contributed by atoms with Crippen LogP contribution in [0.2, 0.25) is 0 Å². The lowest BCUT2D eigenvalue weighted by Crippen LogP contribution is -2.49. The molecule has 2 heterocycles. The van der Waals surface area contributed by atoms with Crippen molar-refractivity contribution >= 4 is 11.4 Å². The summed E-state index contributed by atoms with van der Waals surface area (Å²) in [5.74, 6) is 0.915. The standard InChI is InChI=1S/C10H15N5/c1-6(2)7-5-15(4)10-8(7)9(11-3)12-14-13-10/h5,11-12,14H,1H2,2-4H3. The molecule has 15 heavy (non-hydrogen) atoms. The highest BCUT2D eigenvalue weighted by Crippen LogP contribution is 2.04. The Bertz CT molecular complexity index is 523. The zero-order valence-electron chi connectivity index (χ0n) is 9.18. The van der Waals surface area contributed by atoms with Crippen LogP contribution < -0.4 is 27.0 Å². The van der Waals surface area contributed by atoms with Crippen LogP contribution in [-0.2, 0) is 7.05 Å². The van der Waals surface area contributed by atoms with Crippen LogP contribution >= 0.6 is 0 Å². The van der Waals surface area contributed by atoms with Gasteiger partial charge < -0.3 is 9.88 Å². The molecule has 3 N–H and O–H groups in total. The third-order valence-corrected chi connectivity index (χ3v) is 2.45. The number of nitrogens with one attached hydrogen (secondary N) is 3. The number of hydrazine groups is 1. The largest absolute Gasteiger partial charge is 0.373 e. The van der Waals surface area contributed by atoms with Gasteiger partial charge in [-0.3, -0.25) is 5.43 Å². The van der Waals surface area contributed by atoms with Crippen LogP contribution in [0.25, 0.3) is 11.4 Å². The van der Waals surface area contributed by atoms with Crippen molar-refractivity contribution < 1.29 is 0 Å². The monoisotopic (exact) mass is 205 g/mol. The zero-order chi connectivity index (χ0) is 11.0. The molecule has 0 fully saturated rings. The number of fused-ring (bicyclic) bond motifs is 1. The van der Waals surface area contributed by atoms with Crippen molar-refractivity contribution in [3.63, 3.8) is 0 Å². The van der Waals surface area contributed by atoms with Gasteiger partial charge in [0.2, 0.25) is 0 Å². The normalized spacial score (nSPS) is 13.4. The van der Waals surface area contributed by atoms with Crippen molar-refractivity contribution in [2.45, 2.75) is 6.92 Å². The molecule has 5 heteroatoms. The lowest BCUT2D eigenvalue weighted by molar-refractivity contribution is 0.600. The summed E-state index contributed by atoms with van der Waals surface area (Å²) in [6, 6.07) is 0. The average molecular weight is 205 g/mol. The Morgan fingerprint density at radius 3 is 2.93 bits per heavy atom. The van der Waals surface area contributed by atoms with Gasteiger partial charge in [0.25, 0.3) is 0 Å². The van der Waals surface area contributed by atoms with E-state index in [9.17, 15) is 0 Å². The van der Waals surface area contributed by atoms with E-state index in [0.717, 1.165) is 27.7 Å². The van der Waals surface area contributed by atoms with E-state index >= 15 is 0 Å². The SMILES string of the molecule is C=C(C)c1cn(C)c2c1=C(NC)NNN=2. The van der Waals surface area contributed by atoms with Gasteiger partial charge >= 0.3 is 0 Å². The van der Waals surface area contributed by atoms with E-state index in [-0.39, 0.29) is 0 Å². The van der Waals surface area contributed by atoms with Gasteiger partial charge in [-0.25, -0.2) is 5.53 Å². The minimum atomic E-state index is 0.899. The third-order valence-electron chi connectivity index (χ3n) is 2.45. The molecule has 0 aromatic carbocycles. The van der Waals surface area contributed by atoms with Gasteiger partial charge in [-0.05, 0) is 12.5 Å². The summed E-state index contributed by atoms with van der Waals surface area (Å²) in [4.78, 5) is 0. The molecule has 0 atom stereocenters. The molecule has 0 saturated carbocycles. The molecule has 5 nitrogen and oxygen atoms in total. The van der Waals surface area contributed by atoms with Gasteiger partial charge in [0.15, 0.2) is 5.49 Å². The number of hydrogen-bond donors (Lipinski definition) is 3. The van der Waals surface area contributed by atoms with Crippen LogP contribution in [-0.4, -0.2) is 11.6 Å². The predicted molar refractivity (Wildman–Crippen MR) is 59.6 cm³/mol. The maximum Gasteiger partial charge on any atom is 0.165 e. The first kappa shape index (κ1) is 9.64. The molecule has 0 saturated heterocycles. The maximum absolute atomic E-state index is 4.19. The quantitative estimate of drug-likeness (QED) is 0.579. The van der Waals surface area contributed by atoms with Crippen molar-refractivity contribution in [3.05, 3.63) is 29.0 Å². The third kappa shape index (κ3) is 1.36. The number of aromatic nitrogens is 1. The van der Waals surface area contributed by atoms with Crippen LogP contribution in [0.1, 0.15) is 12.5 Å². The summed E-state index contributed by atoms with van der Waals surface area (Å²) in [6.07, 6.45) is 2.03. The fraction of sp³-hybridized carbons (Fsp3) is 0.300. The topological polar surface area (TPSA) is 53.4 Å². The molecule has 2 rings (SSSR count). The average Bonchev–Trinajstić information content (AvgIpc) is 2.56. The summed E-state index contributed by atoms with van der Waals surface area (Å²) < 4.78 is 1.98. The molecule has 1 aromatic heterocycles. The number of hydrogen-bond acceptors (Lipinski definition) is 4. The molecule has 0 spiro atoms. The van der Waals surface area contributed by atoms with Gasteiger partial charge in [-0.15, -0.1) is 5.10 Å². The van der Waals surface area contributed by atoms with Crippen LogP contribution in [0.3, 0.4) is 0 Å². The van der Waals surface area contributed by atoms with Crippen molar-refractivity contribution in [1.82, 2.24) is 20.8 Å². The lowest BCUT2D eigenvalue weighted by atomic mass is 10.1. The molecular weight excluding hydrogens is 190 g/mol. The van der Waals surface area contributed by atoms with Crippen LogP contribution in [0.15, 0.2) is 17.9 Å². The number of nitrogens with zero attached hydrogens (tertiary/aromatic N) is 2. The Kier molecular flexibility index (Phi) is 2.15. The molecule has 0 amide bonds. The molecule has 1 aliphatic heterocycles. The van der Waals surface area contributed by atoms with Crippen molar-refractivity contribution in [2.75, 3.05) is 7.05 Å². The van der Waals surface area contributed by atoms with Gasteiger partial charge in [0, 0.05) is 25.9 Å². The highest BCUT2D eigenvalue weighted by Gasteiger charge is 2.11. The number of aryl methyl sites for hydroxylation is 1. The second-order valence-electron chi connectivity index (χ2n) is 3.61. The fourth-order valence-electron chi connectivity index (χ4n) is 1.71. The lowest BCUT2D eigenvalue weighted by Gasteiger charge is -2.12. The first-order valence-corrected chi connectivity index (χ1v) is 4.77. The highest BCUT2D eigenvalue weighted by molar-refractivity contribution is 5.64. The first-order valence-electron chi connectivity index (χ1n) is 4.77. The number of allylic oxidation sites excluding steroid dienone is 1. The van der Waals surface area contributed by atoms with Gasteiger partial charge in [-0.2, -0.15) is 0 Å². The maximum atomic E-state index is 4.19. The Hall–Kier alpha value is -1.91. The minimum Gasteiger partial charge on any atom is -0.373 e. The summed E-state index contributed by atoms with van der Waals surface area (Å²) in [5.41, 5.74) is 8.76. The molecule has 0 unspecified atom stereocenters. The second-order valence-corrected chi connectivity index (χ2v) is 3.61. The summed E-state index contributed by atoms with van der Waals surface area (Å²) in [7, 11) is 3.84. The van der Waals surface area contributed by atoms with E-state index in [0.29, 0.717) is 0 Å². The highest BCUT2D eigenvalue weighted by atomic mass is 15.6. The van der Waals surface area contributed by atoms with Crippen molar-refractivity contribution in [1.29, 1.82) is 0 Å². The Morgan fingerprint density at radius 1 is 1.60 bits per heavy atom. The van der Waals surface area contributed by atoms with Crippen LogP contribution in [0, 0.1) is 0 Å². The van der Waals surface area contributed by atoms with Crippen molar-refractivity contribution in [2.24, 2.45) is 12.1 Å². The second kappa shape index (κ2) is 3.34. The Labute approximate surface area is 88.1 Å². The molecule has 1 aliphatic rings. The summed E-state index contributed by atoms with van der Waals surface area (Å²) in [6.45, 7) is 5.96. The Morgan fingerprint density at radius 2 is 2.33 bits per heavy atom. The molecule has 1 aromatic rings. The first-order chi connectivity index (χ1) is 7.15. The van der Waals surface area contributed by atoms with Gasteiger partial charge in [-0.1, -0.05) is 6.58 Å². The van der Waals surface area contributed by atoms with E-state index in [1.54, 1.807) is 0 Å². The van der Waals surface area contributed by atoms with Gasteiger partial charge in [0.1, 0.15) is 5.82 Å². The minimum absolute atomic E-state index is 0.899. The summed E-state index contributed by atoms with van der Waals surface area (Å²) in [5, 5.41) is 8.35. The fourth-order valence-corrected chi connectivity index (χ4v) is 1.71. The number of rotatable bonds is 2. The predicted octanol–water partition coefficient (Wildman–Crippen LogP) is -1.01. The van der Waals surface area contributed by atoms with Crippen molar-refractivity contribution in [3.8, 4) is 0 Å². The molecular formula is C10H15N5. The van der Waals surface area contributed by atoms with E-state index in [1.165, 1.54) is 0 Å². The van der Waals surface area contributed by atoms with Crippen LogP contribution in [0.5, 0.6) is 0 Å². The molecule has 80 valence electrons. The molecule has 0 radical (unpaired) electrons. The summed E-state index contributed by atoms with van der Waals surface area (Å²) >= 11 is 0. The van der Waals surface area contributed by atoms with E-state index in [1.807, 2.05) is 31.8 Å². The Balaban J connectivity index is 2.89. The van der Waals surface area contributed by atoms with E-state index in [4.69, 9.17) is 0 Å². The van der Waals surface area contributed by atoms with Gasteiger partial charge in [0.05, 0.1) is 5.22 Å². The van der Waals surface area contributed by atoms with Crippen LogP contribution in [0.4, 0.5) is 0 Å².